The third kappa shape index (κ3) is 5.40. The summed E-state index contributed by atoms with van der Waals surface area (Å²) in [4.78, 5) is 5.10. The van der Waals surface area contributed by atoms with Gasteiger partial charge in [-0.15, -0.1) is 24.8 Å². The highest BCUT2D eigenvalue weighted by Crippen LogP contribution is 2.44. The van der Waals surface area contributed by atoms with E-state index in [1.165, 1.54) is 11.1 Å². The zero-order valence-electron chi connectivity index (χ0n) is 17.6. The van der Waals surface area contributed by atoms with Crippen molar-refractivity contribution in [3.8, 4) is 11.5 Å². The van der Waals surface area contributed by atoms with Gasteiger partial charge < -0.3 is 14.6 Å². The summed E-state index contributed by atoms with van der Waals surface area (Å²) < 4.78 is 10.8. The maximum absolute atomic E-state index is 8.86. The molecule has 0 aliphatic carbocycles. The molecule has 2 aromatic rings. The van der Waals surface area contributed by atoms with Gasteiger partial charge in [0.1, 0.15) is 18.1 Å². The first kappa shape index (κ1) is 24.8. The molecule has 2 aliphatic heterocycles. The van der Waals surface area contributed by atoms with Gasteiger partial charge in [0.2, 0.25) is 0 Å². The number of ether oxygens (including phenoxy) is 2. The molecule has 2 aromatic carbocycles. The third-order valence-electron chi connectivity index (χ3n) is 6.12. The number of rotatable bonds is 7. The fourth-order valence-electron chi connectivity index (χ4n) is 4.89. The van der Waals surface area contributed by atoms with E-state index in [1.54, 1.807) is 7.11 Å². The van der Waals surface area contributed by atoms with Crippen molar-refractivity contribution in [1.29, 1.82) is 0 Å². The van der Waals surface area contributed by atoms with Crippen LogP contribution in [0.4, 0.5) is 0 Å². The predicted octanol–water partition coefficient (Wildman–Crippen LogP) is 3.64. The molecule has 0 unspecified atom stereocenters. The molecule has 0 saturated carbocycles. The summed E-state index contributed by atoms with van der Waals surface area (Å²) in [5.74, 6) is 3.13. The SMILES string of the molecule is COc1ccc([C@H]2[C@@H]3CN(Cc4ccc(OCCO)cc4)C[C@@H]3CN2C)cc1.Cl.Cl. The highest BCUT2D eigenvalue weighted by Gasteiger charge is 2.45. The Morgan fingerprint density at radius 1 is 0.933 bits per heavy atom. The number of likely N-dealkylation sites (tertiary alicyclic amines) is 2. The van der Waals surface area contributed by atoms with Crippen LogP contribution in [0.2, 0.25) is 0 Å². The van der Waals surface area contributed by atoms with Crippen molar-refractivity contribution in [3.63, 3.8) is 0 Å². The van der Waals surface area contributed by atoms with Crippen molar-refractivity contribution < 1.29 is 14.6 Å². The van der Waals surface area contributed by atoms with E-state index in [9.17, 15) is 0 Å². The van der Waals surface area contributed by atoms with Crippen LogP contribution in [0.5, 0.6) is 11.5 Å². The van der Waals surface area contributed by atoms with Gasteiger partial charge in [0.15, 0.2) is 0 Å². The van der Waals surface area contributed by atoms with E-state index in [0.717, 1.165) is 43.6 Å². The largest absolute Gasteiger partial charge is 0.497 e. The topological polar surface area (TPSA) is 45.2 Å². The number of hydrogen-bond donors (Lipinski definition) is 1. The minimum absolute atomic E-state index is 0. The van der Waals surface area contributed by atoms with Crippen LogP contribution in [0.25, 0.3) is 0 Å². The van der Waals surface area contributed by atoms with E-state index >= 15 is 0 Å². The summed E-state index contributed by atoms with van der Waals surface area (Å²) in [5.41, 5.74) is 2.70. The van der Waals surface area contributed by atoms with Gasteiger partial charge in [0.05, 0.1) is 13.7 Å². The molecule has 0 bridgehead atoms. The lowest BCUT2D eigenvalue weighted by Gasteiger charge is -2.27. The summed E-state index contributed by atoms with van der Waals surface area (Å²) in [6.07, 6.45) is 0. The molecule has 30 heavy (non-hydrogen) atoms. The fraction of sp³-hybridized carbons (Fsp3) is 0.478. The average Bonchev–Trinajstić information content (AvgIpc) is 3.23. The Morgan fingerprint density at radius 2 is 1.60 bits per heavy atom. The maximum Gasteiger partial charge on any atom is 0.119 e. The van der Waals surface area contributed by atoms with E-state index in [4.69, 9.17) is 14.6 Å². The van der Waals surface area contributed by atoms with Gasteiger partial charge in [-0.3, -0.25) is 9.80 Å². The molecule has 3 atom stereocenters. The molecular weight excluding hydrogens is 423 g/mol. The maximum atomic E-state index is 8.86. The van der Waals surface area contributed by atoms with Crippen molar-refractivity contribution in [2.24, 2.45) is 11.8 Å². The highest BCUT2D eigenvalue weighted by molar-refractivity contribution is 5.85. The first-order valence-electron chi connectivity index (χ1n) is 10.1. The summed E-state index contributed by atoms with van der Waals surface area (Å²) in [6, 6.07) is 17.3. The van der Waals surface area contributed by atoms with Gasteiger partial charge in [-0.1, -0.05) is 24.3 Å². The lowest BCUT2D eigenvalue weighted by molar-refractivity contribution is 0.201. The lowest BCUT2D eigenvalue weighted by Crippen LogP contribution is -2.28. The number of hydrogen-bond acceptors (Lipinski definition) is 5. The number of aliphatic hydroxyl groups excluding tert-OH is 1. The molecule has 1 N–H and O–H groups in total. The molecule has 7 heteroatoms. The van der Waals surface area contributed by atoms with Gasteiger partial charge in [-0.25, -0.2) is 0 Å². The van der Waals surface area contributed by atoms with Crippen LogP contribution in [0, 0.1) is 11.8 Å². The van der Waals surface area contributed by atoms with Crippen molar-refractivity contribution in [2.45, 2.75) is 12.6 Å². The zero-order chi connectivity index (χ0) is 19.5. The summed E-state index contributed by atoms with van der Waals surface area (Å²) in [5, 5.41) is 8.86. The van der Waals surface area contributed by atoms with E-state index < -0.39 is 0 Å². The highest BCUT2D eigenvalue weighted by atomic mass is 35.5. The van der Waals surface area contributed by atoms with Crippen LogP contribution in [0.1, 0.15) is 17.2 Å². The van der Waals surface area contributed by atoms with E-state index in [1.807, 2.05) is 12.1 Å². The van der Waals surface area contributed by atoms with Crippen LogP contribution in [-0.2, 0) is 6.54 Å². The van der Waals surface area contributed by atoms with Gasteiger partial charge in [0, 0.05) is 32.2 Å². The smallest absolute Gasteiger partial charge is 0.119 e. The van der Waals surface area contributed by atoms with Crippen molar-refractivity contribution in [3.05, 3.63) is 59.7 Å². The summed E-state index contributed by atoms with van der Waals surface area (Å²) in [6.45, 7) is 4.81. The number of fused-ring (bicyclic) bond motifs is 1. The normalized spacial score (nSPS) is 23.4. The second-order valence-corrected chi connectivity index (χ2v) is 7.99. The molecule has 5 nitrogen and oxygen atoms in total. The molecular formula is C23H32Cl2N2O3. The lowest BCUT2D eigenvalue weighted by atomic mass is 9.89. The Kier molecular flexibility index (Phi) is 9.26. The molecule has 166 valence electrons. The molecule has 0 amide bonds. The molecule has 2 fully saturated rings. The van der Waals surface area contributed by atoms with Crippen molar-refractivity contribution in [2.75, 3.05) is 47.0 Å². The molecule has 2 saturated heterocycles. The monoisotopic (exact) mass is 454 g/mol. The molecule has 0 radical (unpaired) electrons. The first-order valence-corrected chi connectivity index (χ1v) is 10.1. The minimum atomic E-state index is 0. The van der Waals surface area contributed by atoms with Gasteiger partial charge >= 0.3 is 0 Å². The number of nitrogens with zero attached hydrogens (tertiary/aromatic N) is 2. The van der Waals surface area contributed by atoms with Gasteiger partial charge in [0.25, 0.3) is 0 Å². The van der Waals surface area contributed by atoms with Crippen LogP contribution >= 0.6 is 24.8 Å². The van der Waals surface area contributed by atoms with E-state index in [0.29, 0.717) is 18.6 Å². The molecule has 4 rings (SSSR count). The quantitative estimate of drug-likeness (QED) is 0.691. The first-order chi connectivity index (χ1) is 13.7. The Hall–Kier alpha value is -1.50. The molecule has 2 aliphatic rings. The minimum Gasteiger partial charge on any atom is -0.497 e. The van der Waals surface area contributed by atoms with E-state index in [-0.39, 0.29) is 31.4 Å². The van der Waals surface area contributed by atoms with Gasteiger partial charge in [-0.2, -0.15) is 0 Å². The second-order valence-electron chi connectivity index (χ2n) is 7.99. The summed E-state index contributed by atoms with van der Waals surface area (Å²) >= 11 is 0. The Bertz CT molecular complexity index is 773. The van der Waals surface area contributed by atoms with Crippen LogP contribution in [0.3, 0.4) is 0 Å². The van der Waals surface area contributed by atoms with Crippen LogP contribution < -0.4 is 9.47 Å². The standard InChI is InChI=1S/C23H30N2O3.2ClH/c1-24-14-19-15-25(13-17-3-7-21(8-4-17)28-12-11-26)16-22(19)23(24)18-5-9-20(27-2)10-6-18;;/h3-10,19,22-23,26H,11-16H2,1-2H3;2*1H/t19-,22+,23-;;/m0../s1. The Morgan fingerprint density at radius 3 is 2.23 bits per heavy atom. The van der Waals surface area contributed by atoms with Gasteiger partial charge in [-0.05, 0) is 54.3 Å². The number of halogens is 2. The zero-order valence-corrected chi connectivity index (χ0v) is 19.2. The van der Waals surface area contributed by atoms with Crippen molar-refractivity contribution >= 4 is 24.8 Å². The average molecular weight is 455 g/mol. The summed E-state index contributed by atoms with van der Waals surface area (Å²) in [7, 11) is 3.97. The van der Waals surface area contributed by atoms with Crippen LogP contribution in [-0.4, -0.2) is 61.9 Å². The Labute approximate surface area is 191 Å². The number of methoxy groups -OCH3 is 1. The van der Waals surface area contributed by atoms with E-state index in [2.05, 4.69) is 53.2 Å². The second kappa shape index (κ2) is 11.2. The van der Waals surface area contributed by atoms with Crippen molar-refractivity contribution in [1.82, 2.24) is 9.80 Å². The third-order valence-corrected chi connectivity index (χ3v) is 6.12. The Balaban J connectivity index is 0.00000160. The number of aliphatic hydroxyl groups is 1. The molecule has 2 heterocycles. The predicted molar refractivity (Wildman–Crippen MR) is 124 cm³/mol. The number of benzene rings is 2. The molecule has 0 spiro atoms. The molecule has 0 aromatic heterocycles. The fourth-order valence-corrected chi connectivity index (χ4v) is 4.89. The van der Waals surface area contributed by atoms with Crippen LogP contribution in [0.15, 0.2) is 48.5 Å².